The molecule has 0 aromatic heterocycles. The Hall–Kier alpha value is -0.410. The van der Waals surface area contributed by atoms with E-state index in [0.717, 1.165) is 16.0 Å². The lowest BCUT2D eigenvalue weighted by Gasteiger charge is -2.33. The number of hydrogen-bond acceptors (Lipinski definition) is 1. The molecule has 3 atom stereocenters. The van der Waals surface area contributed by atoms with Crippen molar-refractivity contribution in [2.45, 2.75) is 45.7 Å². The molecule has 0 saturated heterocycles. The van der Waals surface area contributed by atoms with E-state index in [0.29, 0.717) is 18.5 Å². The van der Waals surface area contributed by atoms with Crippen LogP contribution in [0.1, 0.15) is 38.7 Å². The maximum absolute atomic E-state index is 13.7. The number of benzene rings is 1. The van der Waals surface area contributed by atoms with Crippen LogP contribution < -0.4 is 5.32 Å². The van der Waals surface area contributed by atoms with E-state index in [1.165, 1.54) is 25.3 Å². The van der Waals surface area contributed by atoms with Gasteiger partial charge >= 0.3 is 0 Å². The lowest BCUT2D eigenvalue weighted by Crippen LogP contribution is -2.38. The highest BCUT2D eigenvalue weighted by Gasteiger charge is 2.24. The van der Waals surface area contributed by atoms with E-state index in [1.54, 1.807) is 0 Å². The van der Waals surface area contributed by atoms with Crippen LogP contribution in [0.2, 0.25) is 0 Å². The van der Waals surface area contributed by atoms with Gasteiger partial charge in [0, 0.05) is 22.6 Å². The Kier molecular flexibility index (Phi) is 4.79. The summed E-state index contributed by atoms with van der Waals surface area (Å²) in [5.74, 6) is 1.39. The first-order valence-corrected chi connectivity index (χ1v) is 7.53. The molecule has 1 aromatic rings. The maximum atomic E-state index is 13.7. The van der Waals surface area contributed by atoms with Crippen LogP contribution in [0.15, 0.2) is 22.7 Å². The number of hydrogen-bond donors (Lipinski definition) is 1. The van der Waals surface area contributed by atoms with E-state index >= 15 is 0 Å². The molecule has 1 fully saturated rings. The summed E-state index contributed by atoms with van der Waals surface area (Å²) in [7, 11) is 0. The second kappa shape index (κ2) is 6.16. The third kappa shape index (κ3) is 3.55. The zero-order valence-corrected chi connectivity index (χ0v) is 12.6. The summed E-state index contributed by atoms with van der Waals surface area (Å²) in [6.45, 7) is 5.24. The Balaban J connectivity index is 1.91. The molecule has 100 valence electrons. The number of nitrogens with one attached hydrogen (secondary N) is 1. The summed E-state index contributed by atoms with van der Waals surface area (Å²) in [6, 6.07) is 5.81. The van der Waals surface area contributed by atoms with Crippen molar-refractivity contribution in [1.29, 1.82) is 0 Å². The van der Waals surface area contributed by atoms with Gasteiger partial charge in [-0.05, 0) is 43.2 Å². The van der Waals surface area contributed by atoms with Crippen LogP contribution in [0.5, 0.6) is 0 Å². The topological polar surface area (TPSA) is 12.0 Å². The van der Waals surface area contributed by atoms with Crippen molar-refractivity contribution in [3.63, 3.8) is 0 Å². The molecule has 0 aliphatic heterocycles. The van der Waals surface area contributed by atoms with Crippen LogP contribution in [-0.4, -0.2) is 6.04 Å². The highest BCUT2D eigenvalue weighted by molar-refractivity contribution is 9.10. The molecule has 0 radical (unpaired) electrons. The lowest BCUT2D eigenvalue weighted by molar-refractivity contribution is 0.226. The number of rotatable bonds is 3. The molecular weight excluding hydrogens is 293 g/mol. The van der Waals surface area contributed by atoms with Crippen molar-refractivity contribution in [2.75, 3.05) is 0 Å². The molecule has 1 aromatic carbocycles. The molecule has 3 heteroatoms. The number of halogens is 2. The van der Waals surface area contributed by atoms with Crippen LogP contribution in [-0.2, 0) is 6.54 Å². The summed E-state index contributed by atoms with van der Waals surface area (Å²) in [5, 5.41) is 3.51. The quantitative estimate of drug-likeness (QED) is 0.866. The minimum absolute atomic E-state index is 0.131. The molecule has 0 spiro atoms. The van der Waals surface area contributed by atoms with Crippen molar-refractivity contribution in [2.24, 2.45) is 11.8 Å². The Bertz CT molecular complexity index is 407. The van der Waals surface area contributed by atoms with Crippen molar-refractivity contribution < 1.29 is 4.39 Å². The normalized spacial score (nSPS) is 28.3. The molecule has 1 saturated carbocycles. The van der Waals surface area contributed by atoms with Gasteiger partial charge in [-0.15, -0.1) is 0 Å². The second-order valence-corrected chi connectivity index (χ2v) is 6.53. The van der Waals surface area contributed by atoms with Crippen molar-refractivity contribution in [1.82, 2.24) is 5.32 Å². The Morgan fingerprint density at radius 3 is 2.78 bits per heavy atom. The lowest BCUT2D eigenvalue weighted by atomic mass is 9.80. The molecule has 18 heavy (non-hydrogen) atoms. The summed E-state index contributed by atoms with van der Waals surface area (Å²) >= 11 is 3.28. The average molecular weight is 314 g/mol. The van der Waals surface area contributed by atoms with Gasteiger partial charge in [-0.25, -0.2) is 4.39 Å². The van der Waals surface area contributed by atoms with Gasteiger partial charge in [0.2, 0.25) is 0 Å². The van der Waals surface area contributed by atoms with Gasteiger partial charge in [0.05, 0.1) is 0 Å². The monoisotopic (exact) mass is 313 g/mol. The predicted molar refractivity (Wildman–Crippen MR) is 76.9 cm³/mol. The average Bonchev–Trinajstić information content (AvgIpc) is 2.30. The highest BCUT2D eigenvalue weighted by atomic mass is 79.9. The predicted octanol–water partition coefficient (Wildman–Crippen LogP) is 4.50. The summed E-state index contributed by atoms with van der Waals surface area (Å²) in [6.07, 6.45) is 3.77. The third-order valence-electron chi connectivity index (χ3n) is 4.00. The van der Waals surface area contributed by atoms with Gasteiger partial charge < -0.3 is 5.32 Å². The van der Waals surface area contributed by atoms with Crippen LogP contribution in [0.25, 0.3) is 0 Å². The highest BCUT2D eigenvalue weighted by Crippen LogP contribution is 2.28. The fraction of sp³-hybridized carbons (Fsp3) is 0.600. The molecule has 0 heterocycles. The Morgan fingerprint density at radius 1 is 1.33 bits per heavy atom. The molecule has 1 N–H and O–H groups in total. The smallest absolute Gasteiger partial charge is 0.128 e. The largest absolute Gasteiger partial charge is 0.310 e. The molecule has 2 rings (SSSR count). The molecule has 0 bridgehead atoms. The second-order valence-electron chi connectivity index (χ2n) is 5.62. The van der Waals surface area contributed by atoms with Crippen molar-refractivity contribution >= 4 is 15.9 Å². The summed E-state index contributed by atoms with van der Waals surface area (Å²) < 4.78 is 14.5. The van der Waals surface area contributed by atoms with Crippen LogP contribution in [0, 0.1) is 17.7 Å². The van der Waals surface area contributed by atoms with Crippen LogP contribution >= 0.6 is 15.9 Å². The van der Waals surface area contributed by atoms with Gasteiger partial charge in [-0.1, -0.05) is 35.8 Å². The molecule has 1 aliphatic carbocycles. The standard InChI is InChI=1S/C15H21BrFN/c1-10-3-6-15(11(2)7-10)18-9-12-4-5-13(16)8-14(12)17/h4-5,8,10-11,15,18H,3,6-7,9H2,1-2H3. The molecule has 0 amide bonds. The van der Waals surface area contributed by atoms with Gasteiger partial charge in [0.1, 0.15) is 5.82 Å². The fourth-order valence-corrected chi connectivity index (χ4v) is 3.21. The first-order valence-electron chi connectivity index (χ1n) is 6.73. The third-order valence-corrected chi connectivity index (χ3v) is 4.49. The molecule has 1 nitrogen and oxygen atoms in total. The zero-order valence-electron chi connectivity index (χ0n) is 11.0. The summed E-state index contributed by atoms with van der Waals surface area (Å²) in [5.41, 5.74) is 0.754. The van der Waals surface area contributed by atoms with E-state index in [1.807, 2.05) is 12.1 Å². The van der Waals surface area contributed by atoms with E-state index in [4.69, 9.17) is 0 Å². The van der Waals surface area contributed by atoms with Gasteiger partial charge in [0.15, 0.2) is 0 Å². The molecule has 3 unspecified atom stereocenters. The van der Waals surface area contributed by atoms with Crippen molar-refractivity contribution in [3.8, 4) is 0 Å². The minimum atomic E-state index is -0.131. The van der Waals surface area contributed by atoms with E-state index in [-0.39, 0.29) is 5.82 Å². The minimum Gasteiger partial charge on any atom is -0.310 e. The summed E-state index contributed by atoms with van der Waals surface area (Å²) in [4.78, 5) is 0. The van der Waals surface area contributed by atoms with Crippen LogP contribution in [0.4, 0.5) is 4.39 Å². The Labute approximate surface area is 117 Å². The van der Waals surface area contributed by atoms with E-state index in [9.17, 15) is 4.39 Å². The molecule has 1 aliphatic rings. The first kappa shape index (κ1) is 14.0. The van der Waals surface area contributed by atoms with E-state index < -0.39 is 0 Å². The maximum Gasteiger partial charge on any atom is 0.128 e. The van der Waals surface area contributed by atoms with Crippen molar-refractivity contribution in [3.05, 3.63) is 34.1 Å². The van der Waals surface area contributed by atoms with Gasteiger partial charge in [-0.3, -0.25) is 0 Å². The van der Waals surface area contributed by atoms with Gasteiger partial charge in [0.25, 0.3) is 0 Å². The SMILES string of the molecule is CC1CCC(NCc2ccc(Br)cc2F)C(C)C1. The van der Waals surface area contributed by atoms with Gasteiger partial charge in [-0.2, -0.15) is 0 Å². The first-order chi connectivity index (χ1) is 8.56. The molecular formula is C15H21BrFN. The fourth-order valence-electron chi connectivity index (χ4n) is 2.87. The van der Waals surface area contributed by atoms with Crippen LogP contribution in [0.3, 0.4) is 0 Å². The van der Waals surface area contributed by atoms with E-state index in [2.05, 4.69) is 35.1 Å². The zero-order chi connectivity index (χ0) is 13.1. The Morgan fingerprint density at radius 2 is 2.11 bits per heavy atom.